The molecule has 0 fully saturated rings. The average molecular weight is 249 g/mol. The van der Waals surface area contributed by atoms with Crippen LogP contribution in [0.4, 0.5) is 8.78 Å². The van der Waals surface area contributed by atoms with Crippen molar-refractivity contribution < 1.29 is 28.9 Å². The first-order valence-corrected chi connectivity index (χ1v) is 3.99. The molecule has 0 saturated carbocycles. The van der Waals surface area contributed by atoms with Gasteiger partial charge in [0, 0.05) is 5.33 Å². The molecule has 0 heterocycles. The third-order valence-corrected chi connectivity index (χ3v) is 1.85. The Morgan fingerprint density at radius 2 is 2.00 bits per heavy atom. The van der Waals surface area contributed by atoms with Gasteiger partial charge in [-0.1, -0.05) is 15.9 Å². The fourth-order valence-corrected chi connectivity index (χ4v) is 0.810. The highest BCUT2D eigenvalue weighted by atomic mass is 79.9. The number of halogens is 3. The number of carbonyl (C=O) groups is 1. The van der Waals surface area contributed by atoms with E-state index in [-0.39, 0.29) is 5.33 Å². The molecular formula is C5H7BrF2O4. The third kappa shape index (κ3) is 2.44. The Balaban J connectivity index is 4.44. The van der Waals surface area contributed by atoms with Crippen LogP contribution in [0.3, 0.4) is 0 Å². The second-order valence-corrected chi connectivity index (χ2v) is 2.76. The highest BCUT2D eigenvalue weighted by molar-refractivity contribution is 9.09. The van der Waals surface area contributed by atoms with Gasteiger partial charge in [-0.25, -0.2) is 0 Å². The maximum atomic E-state index is 12.4. The molecule has 12 heavy (non-hydrogen) atoms. The van der Waals surface area contributed by atoms with E-state index in [9.17, 15) is 13.6 Å². The molecule has 72 valence electrons. The molecule has 0 saturated heterocycles. The minimum absolute atomic E-state index is 0.298. The highest BCUT2D eigenvalue weighted by Gasteiger charge is 2.47. The van der Waals surface area contributed by atoms with Gasteiger partial charge in [0.2, 0.25) is 0 Å². The molecule has 0 radical (unpaired) electrons. The number of rotatable bonds is 4. The molecule has 0 aromatic carbocycles. The number of carbonyl (C=O) groups excluding carboxylic acids is 1. The van der Waals surface area contributed by atoms with Crippen LogP contribution in [0.2, 0.25) is 0 Å². The quantitative estimate of drug-likeness (QED) is 0.453. The smallest absolute Gasteiger partial charge is 0.368 e. The average Bonchev–Trinajstić information content (AvgIpc) is 2.01. The van der Waals surface area contributed by atoms with Crippen LogP contribution >= 0.6 is 15.9 Å². The molecule has 4 nitrogen and oxygen atoms in total. The van der Waals surface area contributed by atoms with Crippen molar-refractivity contribution in [3.63, 3.8) is 0 Å². The third-order valence-electron chi connectivity index (χ3n) is 1.19. The van der Waals surface area contributed by atoms with Crippen molar-refractivity contribution in [3.05, 3.63) is 0 Å². The van der Waals surface area contributed by atoms with Crippen LogP contribution in [0.25, 0.3) is 0 Å². The van der Waals surface area contributed by atoms with Gasteiger partial charge in [-0.15, -0.1) is 0 Å². The molecule has 0 aliphatic heterocycles. The molecule has 0 amide bonds. The van der Waals surface area contributed by atoms with Gasteiger partial charge < -0.3 is 15.3 Å². The summed E-state index contributed by atoms with van der Waals surface area (Å²) < 4.78 is 24.1. The maximum Gasteiger partial charge on any atom is 0.368 e. The first-order valence-electron chi connectivity index (χ1n) is 2.87. The number of aliphatic hydroxyl groups is 3. The highest BCUT2D eigenvalue weighted by Crippen LogP contribution is 2.18. The van der Waals surface area contributed by atoms with Gasteiger partial charge in [0.05, 0.1) is 6.10 Å². The predicted octanol–water partition coefficient (Wildman–Crippen LogP) is -0.743. The minimum atomic E-state index is -4.05. The van der Waals surface area contributed by atoms with Gasteiger partial charge >= 0.3 is 11.9 Å². The van der Waals surface area contributed by atoms with Crippen LogP contribution < -0.4 is 0 Å². The van der Waals surface area contributed by atoms with Gasteiger partial charge in [0.1, 0.15) is 6.10 Å². The Hall–Kier alpha value is -0.110. The first-order chi connectivity index (χ1) is 5.34. The molecule has 0 aliphatic rings. The zero-order valence-electron chi connectivity index (χ0n) is 5.75. The molecule has 7 heteroatoms. The monoisotopic (exact) mass is 248 g/mol. The van der Waals surface area contributed by atoms with E-state index in [0.717, 1.165) is 0 Å². The van der Waals surface area contributed by atoms with E-state index in [4.69, 9.17) is 15.3 Å². The predicted molar refractivity (Wildman–Crippen MR) is 38.0 cm³/mol. The van der Waals surface area contributed by atoms with Crippen LogP contribution in [0.5, 0.6) is 0 Å². The fourth-order valence-electron chi connectivity index (χ4n) is 0.456. The minimum Gasteiger partial charge on any atom is -0.389 e. The summed E-state index contributed by atoms with van der Waals surface area (Å²) in [6.07, 6.45) is -4.27. The van der Waals surface area contributed by atoms with Crippen LogP contribution in [0, 0.1) is 0 Å². The Morgan fingerprint density at radius 3 is 2.25 bits per heavy atom. The molecule has 3 atom stereocenters. The zero-order valence-corrected chi connectivity index (χ0v) is 7.33. The summed E-state index contributed by atoms with van der Waals surface area (Å²) >= 11 is 2.64. The van der Waals surface area contributed by atoms with E-state index in [1.807, 2.05) is 0 Å². The van der Waals surface area contributed by atoms with Crippen LogP contribution in [0.15, 0.2) is 0 Å². The normalized spacial score (nSPS) is 21.2. The zero-order chi connectivity index (χ0) is 9.94. The van der Waals surface area contributed by atoms with Gasteiger partial charge in [0.15, 0.2) is 0 Å². The molecular weight excluding hydrogens is 242 g/mol. The van der Waals surface area contributed by atoms with E-state index in [1.54, 1.807) is 0 Å². The molecule has 0 aromatic rings. The summed E-state index contributed by atoms with van der Waals surface area (Å²) in [6.45, 7) is 0. The molecule has 0 spiro atoms. The number of aliphatic hydroxyl groups excluding tert-OH is 2. The van der Waals surface area contributed by atoms with Crippen LogP contribution in [-0.2, 0) is 4.79 Å². The lowest BCUT2D eigenvalue weighted by atomic mass is 10.1. The summed E-state index contributed by atoms with van der Waals surface area (Å²) in [6, 6.07) is -2.74. The second-order valence-electron chi connectivity index (χ2n) is 2.11. The standard InChI is InChI=1S/C5H7BrF2O4/c6-1-2(9)3(10)5(8,12)4(7)11/h2-3,9-10,12H,1H2/t2-,3-,5-/m1/s1. The van der Waals surface area contributed by atoms with E-state index >= 15 is 0 Å². The summed E-state index contributed by atoms with van der Waals surface area (Å²) in [7, 11) is 0. The maximum absolute atomic E-state index is 12.4. The molecule has 0 aromatic heterocycles. The fraction of sp³-hybridized carbons (Fsp3) is 0.800. The van der Waals surface area contributed by atoms with Gasteiger partial charge in [-0.3, -0.25) is 4.79 Å². The van der Waals surface area contributed by atoms with E-state index in [1.165, 1.54) is 0 Å². The number of alkyl halides is 2. The van der Waals surface area contributed by atoms with Gasteiger partial charge in [0.25, 0.3) is 0 Å². The Bertz CT molecular complexity index is 175. The van der Waals surface area contributed by atoms with Crippen molar-refractivity contribution >= 4 is 22.0 Å². The second kappa shape index (κ2) is 4.22. The lowest BCUT2D eigenvalue weighted by molar-refractivity contribution is -0.210. The van der Waals surface area contributed by atoms with E-state index < -0.39 is 24.1 Å². The number of hydrogen-bond acceptors (Lipinski definition) is 4. The number of hydrogen-bond donors (Lipinski definition) is 3. The molecule has 0 bridgehead atoms. The van der Waals surface area contributed by atoms with Gasteiger partial charge in [-0.05, 0) is 0 Å². The van der Waals surface area contributed by atoms with E-state index in [2.05, 4.69) is 15.9 Å². The Kier molecular flexibility index (Phi) is 4.18. The van der Waals surface area contributed by atoms with Crippen molar-refractivity contribution in [2.24, 2.45) is 0 Å². The lowest BCUT2D eigenvalue weighted by Crippen LogP contribution is -2.50. The van der Waals surface area contributed by atoms with E-state index in [0.29, 0.717) is 0 Å². The molecule has 0 rings (SSSR count). The summed E-state index contributed by atoms with van der Waals surface area (Å²) in [4.78, 5) is 9.75. The van der Waals surface area contributed by atoms with Crippen molar-refractivity contribution in [3.8, 4) is 0 Å². The Labute approximate surface area is 74.9 Å². The molecule has 0 aliphatic carbocycles. The van der Waals surface area contributed by atoms with Crippen LogP contribution in [-0.4, -0.2) is 44.7 Å². The summed E-state index contributed by atoms with van der Waals surface area (Å²) in [5, 5.41) is 25.4. The van der Waals surface area contributed by atoms with Crippen molar-refractivity contribution in [1.82, 2.24) is 0 Å². The van der Waals surface area contributed by atoms with Crippen LogP contribution in [0.1, 0.15) is 0 Å². The summed E-state index contributed by atoms with van der Waals surface area (Å²) in [5.74, 6) is -4.05. The largest absolute Gasteiger partial charge is 0.389 e. The first kappa shape index (κ1) is 11.9. The van der Waals surface area contributed by atoms with Crippen molar-refractivity contribution in [1.29, 1.82) is 0 Å². The summed E-state index contributed by atoms with van der Waals surface area (Å²) in [5.41, 5.74) is 0. The lowest BCUT2D eigenvalue weighted by Gasteiger charge is -2.22. The SMILES string of the molecule is O=C(F)[C@@](O)(F)[C@H](O)[C@H](O)CBr. The van der Waals surface area contributed by atoms with Crippen molar-refractivity contribution in [2.45, 2.75) is 18.1 Å². The Morgan fingerprint density at radius 1 is 1.58 bits per heavy atom. The molecule has 3 N–H and O–H groups in total. The topological polar surface area (TPSA) is 77.8 Å². The van der Waals surface area contributed by atoms with Crippen molar-refractivity contribution in [2.75, 3.05) is 5.33 Å². The van der Waals surface area contributed by atoms with Gasteiger partial charge in [-0.2, -0.15) is 8.78 Å². The molecule has 0 unspecified atom stereocenters.